The van der Waals surface area contributed by atoms with Gasteiger partial charge < -0.3 is 0 Å². The maximum atomic E-state index is 13.2. The molecule has 2 fully saturated rings. The Morgan fingerprint density at radius 3 is 3.04 bits per heavy atom. The van der Waals surface area contributed by atoms with Gasteiger partial charge in [-0.15, -0.1) is 11.3 Å². The van der Waals surface area contributed by atoms with E-state index in [1.807, 2.05) is 28.8 Å². The smallest absolute Gasteiger partial charge is 0.115 e. The highest BCUT2D eigenvalue weighted by Gasteiger charge is 2.51. The number of hydrogen-bond acceptors (Lipinski definition) is 7. The molecule has 2 aromatic heterocycles. The van der Waals surface area contributed by atoms with Crippen LogP contribution in [-0.4, -0.2) is 29.5 Å². The van der Waals surface area contributed by atoms with E-state index in [1.165, 1.54) is 12.1 Å². The van der Waals surface area contributed by atoms with Crippen LogP contribution in [-0.2, 0) is 10.8 Å². The van der Waals surface area contributed by atoms with E-state index in [9.17, 15) is 4.21 Å². The van der Waals surface area contributed by atoms with Crippen LogP contribution in [0.3, 0.4) is 0 Å². The third kappa shape index (κ3) is 2.23. The largest absolute Gasteiger partial charge is 0.295 e. The first-order valence-electron chi connectivity index (χ1n) is 9.05. The SMILES string of the molecule is O=S(C1=C2Nn3cncc3C3CC(c4nccs4)NC(S1)C23)C1CCC1. The quantitative estimate of drug-likeness (QED) is 0.818. The van der Waals surface area contributed by atoms with Crippen LogP contribution in [0.1, 0.15) is 48.3 Å². The number of aromatic nitrogens is 3. The molecule has 1 saturated carbocycles. The molecule has 3 aliphatic heterocycles. The lowest BCUT2D eigenvalue weighted by Crippen LogP contribution is -2.48. The Labute approximate surface area is 162 Å². The second kappa shape index (κ2) is 5.92. The van der Waals surface area contributed by atoms with Crippen molar-refractivity contribution in [2.75, 3.05) is 5.43 Å². The molecule has 2 aromatic rings. The maximum absolute atomic E-state index is 13.2. The van der Waals surface area contributed by atoms with Gasteiger partial charge in [-0.25, -0.2) is 14.6 Å². The Bertz CT molecular complexity index is 903. The summed E-state index contributed by atoms with van der Waals surface area (Å²) in [6, 6.07) is 0.243. The summed E-state index contributed by atoms with van der Waals surface area (Å²) in [5.74, 6) is 0.705. The second-order valence-electron chi connectivity index (χ2n) is 7.35. The highest BCUT2D eigenvalue weighted by Crippen LogP contribution is 2.56. The average Bonchev–Trinajstić information content (AvgIpc) is 3.33. The Hall–Kier alpha value is -1.16. The normalized spacial score (nSPS) is 34.0. The van der Waals surface area contributed by atoms with Crippen LogP contribution < -0.4 is 10.7 Å². The third-order valence-electron chi connectivity index (χ3n) is 5.98. The van der Waals surface area contributed by atoms with E-state index in [2.05, 4.69) is 20.7 Å². The van der Waals surface area contributed by atoms with Crippen LogP contribution in [0.2, 0.25) is 0 Å². The van der Waals surface area contributed by atoms with Gasteiger partial charge in [-0.05, 0) is 19.3 Å². The number of hydrogen-bond donors (Lipinski definition) is 2. The third-order valence-corrected chi connectivity index (χ3v) is 10.4. The Morgan fingerprint density at radius 1 is 1.35 bits per heavy atom. The summed E-state index contributed by atoms with van der Waals surface area (Å²) in [6.45, 7) is 0. The molecule has 4 aliphatic rings. The summed E-state index contributed by atoms with van der Waals surface area (Å²) in [5, 5.41) is 7.56. The van der Waals surface area contributed by atoms with E-state index in [4.69, 9.17) is 0 Å². The van der Waals surface area contributed by atoms with Gasteiger partial charge in [-0.1, -0.05) is 18.2 Å². The molecular weight excluding hydrogens is 386 g/mol. The van der Waals surface area contributed by atoms with E-state index in [1.54, 1.807) is 23.1 Å². The van der Waals surface area contributed by atoms with E-state index < -0.39 is 10.8 Å². The van der Waals surface area contributed by atoms with Gasteiger partial charge in [-0.2, -0.15) is 0 Å². The fraction of sp³-hybridized carbons (Fsp3) is 0.529. The van der Waals surface area contributed by atoms with Crippen LogP contribution in [0.5, 0.6) is 0 Å². The Kier molecular flexibility index (Phi) is 3.61. The van der Waals surface area contributed by atoms with Crippen molar-refractivity contribution in [3.8, 4) is 0 Å². The lowest BCUT2D eigenvalue weighted by molar-refractivity contribution is 0.266. The summed E-state index contributed by atoms with van der Waals surface area (Å²) in [5.41, 5.74) is 5.90. The molecule has 5 unspecified atom stereocenters. The van der Waals surface area contributed by atoms with Crippen molar-refractivity contribution in [2.24, 2.45) is 5.92 Å². The lowest BCUT2D eigenvalue weighted by Gasteiger charge is -2.42. The first-order valence-corrected chi connectivity index (χ1v) is 12.0. The zero-order chi connectivity index (χ0) is 17.3. The van der Waals surface area contributed by atoms with Crippen molar-refractivity contribution in [3.63, 3.8) is 0 Å². The highest BCUT2D eigenvalue weighted by molar-refractivity contribution is 8.17. The molecule has 0 spiro atoms. The van der Waals surface area contributed by atoms with Crippen molar-refractivity contribution in [1.29, 1.82) is 0 Å². The molecule has 2 N–H and O–H groups in total. The molecule has 26 heavy (non-hydrogen) atoms. The summed E-state index contributed by atoms with van der Waals surface area (Å²) < 4.78 is 16.2. The number of piperidine rings is 1. The minimum absolute atomic E-state index is 0.243. The van der Waals surface area contributed by atoms with Gasteiger partial charge >= 0.3 is 0 Å². The molecule has 136 valence electrons. The zero-order valence-electron chi connectivity index (χ0n) is 14.0. The monoisotopic (exact) mass is 405 g/mol. The Morgan fingerprint density at radius 2 is 2.27 bits per heavy atom. The number of thiazole rings is 1. The van der Waals surface area contributed by atoms with Gasteiger partial charge in [0.2, 0.25) is 0 Å². The zero-order valence-corrected chi connectivity index (χ0v) is 16.4. The number of fused-ring (bicyclic) bond motifs is 2. The van der Waals surface area contributed by atoms with Crippen LogP contribution >= 0.6 is 23.1 Å². The van der Waals surface area contributed by atoms with Crippen LogP contribution in [0.25, 0.3) is 0 Å². The fourth-order valence-electron chi connectivity index (χ4n) is 4.45. The maximum Gasteiger partial charge on any atom is 0.115 e. The summed E-state index contributed by atoms with van der Waals surface area (Å²) in [7, 11) is -0.900. The van der Waals surface area contributed by atoms with Crippen molar-refractivity contribution >= 4 is 33.9 Å². The number of imidazole rings is 1. The predicted octanol–water partition coefficient (Wildman–Crippen LogP) is 2.87. The standard InChI is InChI=1S/C17H19N5OS3/c23-26(9-2-1-3-9)17-14-13-10(12-7-18-8-22(12)21-14)6-11(20-16(13)25-17)15-19-4-5-24-15/h4-5,7-11,13,16,20-21H,1-3,6H2. The molecule has 5 heterocycles. The minimum atomic E-state index is -0.900. The first kappa shape index (κ1) is 15.9. The van der Waals surface area contributed by atoms with E-state index in [0.717, 1.165) is 34.2 Å². The van der Waals surface area contributed by atoms with E-state index >= 15 is 0 Å². The van der Waals surface area contributed by atoms with Gasteiger partial charge in [0.1, 0.15) is 11.3 Å². The number of nitrogens with one attached hydrogen (secondary N) is 2. The van der Waals surface area contributed by atoms with Gasteiger partial charge in [0.15, 0.2) is 0 Å². The predicted molar refractivity (Wildman–Crippen MR) is 105 cm³/mol. The van der Waals surface area contributed by atoms with Gasteiger partial charge in [0.25, 0.3) is 0 Å². The molecule has 0 amide bonds. The number of thioether (sulfide) groups is 1. The molecule has 9 heteroatoms. The Balaban J connectivity index is 1.42. The van der Waals surface area contributed by atoms with Crippen molar-refractivity contribution in [1.82, 2.24) is 20.0 Å². The lowest BCUT2D eigenvalue weighted by atomic mass is 9.78. The molecule has 6 rings (SSSR count). The minimum Gasteiger partial charge on any atom is -0.295 e. The highest BCUT2D eigenvalue weighted by atomic mass is 32.2. The van der Waals surface area contributed by atoms with E-state index in [-0.39, 0.29) is 11.4 Å². The van der Waals surface area contributed by atoms with Crippen molar-refractivity contribution < 1.29 is 4.21 Å². The topological polar surface area (TPSA) is 71.8 Å². The molecular formula is C17H19N5OS3. The van der Waals surface area contributed by atoms with Crippen molar-refractivity contribution in [3.05, 3.63) is 44.7 Å². The molecule has 0 radical (unpaired) electrons. The molecule has 0 aromatic carbocycles. The van der Waals surface area contributed by atoms with Crippen LogP contribution in [0.15, 0.2) is 34.0 Å². The first-order chi connectivity index (χ1) is 12.8. The molecule has 6 nitrogen and oxygen atoms in total. The molecule has 1 saturated heterocycles. The van der Waals surface area contributed by atoms with Crippen LogP contribution in [0, 0.1) is 5.92 Å². The average molecular weight is 406 g/mol. The molecule has 0 bridgehead atoms. The number of rotatable bonds is 3. The second-order valence-corrected chi connectivity index (χ2v) is 11.4. The van der Waals surface area contributed by atoms with Crippen molar-refractivity contribution in [2.45, 2.75) is 48.3 Å². The summed E-state index contributed by atoms with van der Waals surface area (Å²) in [4.78, 5) is 8.90. The number of nitrogens with zero attached hydrogens (tertiary/aromatic N) is 3. The van der Waals surface area contributed by atoms with Gasteiger partial charge in [0.05, 0.1) is 44.0 Å². The van der Waals surface area contributed by atoms with E-state index in [0.29, 0.717) is 17.1 Å². The summed E-state index contributed by atoms with van der Waals surface area (Å²) in [6.07, 6.45) is 10.1. The van der Waals surface area contributed by atoms with Gasteiger partial charge in [0, 0.05) is 28.7 Å². The molecule has 1 aliphatic carbocycles. The molecule has 5 atom stereocenters. The fourth-order valence-corrected chi connectivity index (χ4v) is 8.97. The summed E-state index contributed by atoms with van der Waals surface area (Å²) >= 11 is 3.49. The van der Waals surface area contributed by atoms with Crippen LogP contribution in [0.4, 0.5) is 0 Å². The van der Waals surface area contributed by atoms with Gasteiger partial charge in [-0.3, -0.25) is 15.0 Å².